The highest BCUT2D eigenvalue weighted by atomic mass is 35.5. The fraction of sp³-hybridized carbons (Fsp3) is 0.231. The molecule has 1 N–H and O–H groups in total. The number of hydrogen-bond donors (Lipinski definition) is 1. The van der Waals surface area contributed by atoms with Crippen LogP contribution >= 0.6 is 22.9 Å². The van der Waals surface area contributed by atoms with E-state index in [1.807, 2.05) is 32.9 Å². The monoisotopic (exact) mass is 280 g/mol. The van der Waals surface area contributed by atoms with Gasteiger partial charge >= 0.3 is 0 Å². The average Bonchev–Trinajstić information content (AvgIpc) is 2.70. The summed E-state index contributed by atoms with van der Waals surface area (Å²) in [6, 6.07) is 3.82. The number of halogens is 1. The van der Waals surface area contributed by atoms with Gasteiger partial charge in [-0.3, -0.25) is 4.79 Å². The molecule has 1 aromatic heterocycles. The molecule has 0 fully saturated rings. The molecule has 0 aliphatic heterocycles. The molecule has 18 heavy (non-hydrogen) atoms. The first kappa shape index (κ1) is 13.1. The van der Waals surface area contributed by atoms with Gasteiger partial charge in [-0.1, -0.05) is 17.7 Å². The van der Waals surface area contributed by atoms with Gasteiger partial charge in [0.1, 0.15) is 4.88 Å². The zero-order valence-electron chi connectivity index (χ0n) is 10.4. The zero-order chi connectivity index (χ0) is 13.3. The van der Waals surface area contributed by atoms with Gasteiger partial charge in [0.2, 0.25) is 0 Å². The van der Waals surface area contributed by atoms with Gasteiger partial charge in [0.05, 0.1) is 21.9 Å². The summed E-state index contributed by atoms with van der Waals surface area (Å²) in [6.45, 7) is 5.76. The molecule has 0 spiro atoms. The molecule has 3 nitrogen and oxygen atoms in total. The highest BCUT2D eigenvalue weighted by Gasteiger charge is 2.13. The van der Waals surface area contributed by atoms with Crippen LogP contribution in [0.5, 0.6) is 0 Å². The maximum absolute atomic E-state index is 12.0. The van der Waals surface area contributed by atoms with Gasteiger partial charge in [-0.2, -0.15) is 0 Å². The van der Waals surface area contributed by atoms with Gasteiger partial charge < -0.3 is 5.32 Å². The summed E-state index contributed by atoms with van der Waals surface area (Å²) >= 11 is 7.51. The Hall–Kier alpha value is -1.39. The number of benzene rings is 1. The fourth-order valence-electron chi connectivity index (χ4n) is 1.72. The molecule has 0 atom stereocenters. The summed E-state index contributed by atoms with van der Waals surface area (Å²) < 4.78 is 0. The highest BCUT2D eigenvalue weighted by Crippen LogP contribution is 2.28. The second kappa shape index (κ2) is 5.08. The van der Waals surface area contributed by atoms with E-state index in [-0.39, 0.29) is 5.91 Å². The first-order valence-electron chi connectivity index (χ1n) is 5.48. The van der Waals surface area contributed by atoms with Crippen LogP contribution in [0, 0.1) is 20.8 Å². The van der Waals surface area contributed by atoms with E-state index in [2.05, 4.69) is 10.3 Å². The zero-order valence-corrected chi connectivity index (χ0v) is 11.9. The second-order valence-electron chi connectivity index (χ2n) is 4.14. The van der Waals surface area contributed by atoms with Crippen molar-refractivity contribution in [3.8, 4) is 0 Å². The number of carbonyl (C=O) groups excluding carboxylic acids is 1. The number of amides is 1. The molecule has 5 heteroatoms. The lowest BCUT2D eigenvalue weighted by Gasteiger charge is -2.10. The lowest BCUT2D eigenvalue weighted by atomic mass is 10.1. The standard InChI is InChI=1S/C13H13ClN2OS/c1-7-4-8(2)12(10(14)5-7)16-13(17)11-6-15-9(3)18-11/h4-6H,1-3H3,(H,16,17). The molecule has 0 aliphatic carbocycles. The predicted octanol–water partition coefficient (Wildman–Crippen LogP) is 3.97. The van der Waals surface area contributed by atoms with Crippen LogP contribution in [-0.4, -0.2) is 10.9 Å². The minimum atomic E-state index is -0.172. The van der Waals surface area contributed by atoms with Crippen molar-refractivity contribution in [2.24, 2.45) is 0 Å². The van der Waals surface area contributed by atoms with Crippen LogP contribution in [0.25, 0.3) is 0 Å². The van der Waals surface area contributed by atoms with Crippen molar-refractivity contribution in [3.05, 3.63) is 44.4 Å². The van der Waals surface area contributed by atoms with E-state index < -0.39 is 0 Å². The molecule has 2 aromatic rings. The average molecular weight is 281 g/mol. The van der Waals surface area contributed by atoms with Gasteiger partial charge in [0.25, 0.3) is 5.91 Å². The molecule has 0 saturated heterocycles. The lowest BCUT2D eigenvalue weighted by Crippen LogP contribution is -2.11. The third-order valence-electron chi connectivity index (χ3n) is 2.52. The lowest BCUT2D eigenvalue weighted by molar-refractivity contribution is 0.103. The second-order valence-corrected chi connectivity index (χ2v) is 5.78. The molecule has 1 aromatic carbocycles. The number of rotatable bonds is 2. The number of anilines is 1. The third kappa shape index (κ3) is 2.71. The first-order chi connectivity index (χ1) is 8.47. The third-order valence-corrected chi connectivity index (χ3v) is 3.72. The maximum atomic E-state index is 12.0. The minimum Gasteiger partial charge on any atom is -0.320 e. The fourth-order valence-corrected chi connectivity index (χ4v) is 2.76. The Bertz CT molecular complexity index is 584. The van der Waals surface area contributed by atoms with Crippen LogP contribution in [-0.2, 0) is 0 Å². The number of aryl methyl sites for hydroxylation is 3. The molecular weight excluding hydrogens is 268 g/mol. The molecule has 0 aliphatic rings. The summed E-state index contributed by atoms with van der Waals surface area (Å²) in [5.41, 5.74) is 2.69. The molecular formula is C13H13ClN2OS. The van der Waals surface area contributed by atoms with Crippen LogP contribution < -0.4 is 5.32 Å². The van der Waals surface area contributed by atoms with Crippen LogP contribution in [0.4, 0.5) is 5.69 Å². The van der Waals surface area contributed by atoms with E-state index in [9.17, 15) is 4.79 Å². The Morgan fingerprint density at radius 1 is 1.33 bits per heavy atom. The van der Waals surface area contributed by atoms with Crippen molar-refractivity contribution in [2.45, 2.75) is 20.8 Å². The summed E-state index contributed by atoms with van der Waals surface area (Å²) in [7, 11) is 0. The van der Waals surface area contributed by atoms with Crippen LogP contribution in [0.1, 0.15) is 25.8 Å². The number of hydrogen-bond acceptors (Lipinski definition) is 3. The number of nitrogens with one attached hydrogen (secondary N) is 1. The smallest absolute Gasteiger partial charge is 0.267 e. The summed E-state index contributed by atoms with van der Waals surface area (Å²) in [5, 5.41) is 4.26. The van der Waals surface area contributed by atoms with Gasteiger partial charge in [0.15, 0.2) is 0 Å². The minimum absolute atomic E-state index is 0.172. The van der Waals surface area contributed by atoms with Crippen LogP contribution in [0.2, 0.25) is 5.02 Å². The summed E-state index contributed by atoms with van der Waals surface area (Å²) in [4.78, 5) is 16.7. The Kier molecular flexibility index (Phi) is 3.68. The van der Waals surface area contributed by atoms with Crippen molar-refractivity contribution in [1.82, 2.24) is 4.98 Å². The Morgan fingerprint density at radius 2 is 2.06 bits per heavy atom. The van der Waals surface area contributed by atoms with Crippen molar-refractivity contribution >= 4 is 34.5 Å². The van der Waals surface area contributed by atoms with Crippen molar-refractivity contribution in [1.29, 1.82) is 0 Å². The quantitative estimate of drug-likeness (QED) is 0.904. The van der Waals surface area contributed by atoms with Crippen LogP contribution in [0.3, 0.4) is 0 Å². The van der Waals surface area contributed by atoms with Gasteiger partial charge in [-0.25, -0.2) is 4.98 Å². The maximum Gasteiger partial charge on any atom is 0.267 e. The van der Waals surface area contributed by atoms with Gasteiger partial charge in [0, 0.05) is 0 Å². The predicted molar refractivity (Wildman–Crippen MR) is 75.7 cm³/mol. The topological polar surface area (TPSA) is 42.0 Å². The van der Waals surface area contributed by atoms with Crippen molar-refractivity contribution < 1.29 is 4.79 Å². The van der Waals surface area contributed by atoms with Crippen molar-refractivity contribution in [3.63, 3.8) is 0 Å². The summed E-state index contributed by atoms with van der Waals surface area (Å²) in [6.07, 6.45) is 1.58. The largest absolute Gasteiger partial charge is 0.320 e. The molecule has 0 radical (unpaired) electrons. The van der Waals surface area contributed by atoms with E-state index in [1.165, 1.54) is 11.3 Å². The number of carbonyl (C=O) groups is 1. The molecule has 0 saturated carbocycles. The normalized spacial score (nSPS) is 10.4. The molecule has 1 heterocycles. The van der Waals surface area contributed by atoms with E-state index in [0.29, 0.717) is 15.6 Å². The van der Waals surface area contributed by atoms with Crippen LogP contribution in [0.15, 0.2) is 18.3 Å². The Balaban J connectivity index is 2.27. The summed E-state index contributed by atoms with van der Waals surface area (Å²) in [5.74, 6) is -0.172. The van der Waals surface area contributed by atoms with E-state index >= 15 is 0 Å². The first-order valence-corrected chi connectivity index (χ1v) is 6.67. The molecule has 0 unspecified atom stereocenters. The van der Waals surface area contributed by atoms with E-state index in [1.54, 1.807) is 6.20 Å². The highest BCUT2D eigenvalue weighted by molar-refractivity contribution is 7.13. The SMILES string of the molecule is Cc1cc(C)c(NC(=O)c2cnc(C)s2)c(Cl)c1. The Labute approximate surface area is 115 Å². The molecule has 1 amide bonds. The van der Waals surface area contributed by atoms with E-state index in [0.717, 1.165) is 16.1 Å². The van der Waals surface area contributed by atoms with Gasteiger partial charge in [-0.05, 0) is 38.0 Å². The number of nitrogens with zero attached hydrogens (tertiary/aromatic N) is 1. The van der Waals surface area contributed by atoms with E-state index in [4.69, 9.17) is 11.6 Å². The van der Waals surface area contributed by atoms with Crippen molar-refractivity contribution in [2.75, 3.05) is 5.32 Å². The number of aromatic nitrogens is 1. The molecule has 0 bridgehead atoms. The van der Waals surface area contributed by atoms with Gasteiger partial charge in [-0.15, -0.1) is 11.3 Å². The number of thiazole rings is 1. The molecule has 94 valence electrons. The molecule has 2 rings (SSSR count). The Morgan fingerprint density at radius 3 is 2.61 bits per heavy atom.